The van der Waals surface area contributed by atoms with E-state index in [2.05, 4.69) is 267 Å². The molecule has 0 N–H and O–H groups in total. The molecule has 11 rings (SSSR count). The molecule has 10 aromatic rings. The van der Waals surface area contributed by atoms with Crippen molar-refractivity contribution < 1.29 is 0 Å². The van der Waals surface area contributed by atoms with Gasteiger partial charge in [0.15, 0.2) is 0 Å². The molecule has 1 aliphatic carbocycles. The predicted molar refractivity (Wildman–Crippen MR) is 272 cm³/mol. The van der Waals surface area contributed by atoms with Gasteiger partial charge in [-0.2, -0.15) is 0 Å². The molecule has 0 saturated carbocycles. The molecule has 0 unspecified atom stereocenters. The van der Waals surface area contributed by atoms with Gasteiger partial charge in [0.05, 0.1) is 11.1 Å². The SMILES string of the molecule is C/C=C\C=C/Cc1ccc(N(c2cccc(-c3ccc4c(ccc5ccccc54)c3)c2)c2ccc3c(c2)C(c2ccccc2)(c2ccccc2)c2ccccc2-3)c(-c2ccccc2)c1. The van der Waals surface area contributed by atoms with Crippen molar-refractivity contribution in [2.75, 3.05) is 4.90 Å². The largest absolute Gasteiger partial charge is 0.310 e. The van der Waals surface area contributed by atoms with Gasteiger partial charge < -0.3 is 4.90 Å². The van der Waals surface area contributed by atoms with E-state index < -0.39 is 5.41 Å². The van der Waals surface area contributed by atoms with E-state index in [1.807, 2.05) is 0 Å². The molecule has 0 fully saturated rings. The predicted octanol–water partition coefficient (Wildman–Crippen LogP) is 16.8. The molecule has 0 spiro atoms. The van der Waals surface area contributed by atoms with Crippen LogP contribution in [0.25, 0.3) is 54.9 Å². The summed E-state index contributed by atoms with van der Waals surface area (Å²) in [6.07, 6.45) is 9.38. The smallest absolute Gasteiger partial charge is 0.0714 e. The van der Waals surface area contributed by atoms with E-state index in [4.69, 9.17) is 0 Å². The summed E-state index contributed by atoms with van der Waals surface area (Å²) >= 11 is 0. The third-order valence-corrected chi connectivity index (χ3v) is 13.1. The summed E-state index contributed by atoms with van der Waals surface area (Å²) in [7, 11) is 0. The lowest BCUT2D eigenvalue weighted by molar-refractivity contribution is 0.768. The molecule has 0 bridgehead atoms. The Morgan fingerprint density at radius 2 is 1.05 bits per heavy atom. The number of allylic oxidation sites excluding steroid dienone is 4. The minimum Gasteiger partial charge on any atom is -0.310 e. The van der Waals surface area contributed by atoms with E-state index in [1.54, 1.807) is 0 Å². The molecule has 0 atom stereocenters. The molecule has 0 amide bonds. The molecule has 0 aromatic heterocycles. The minimum absolute atomic E-state index is 0.529. The molecule has 1 aliphatic rings. The van der Waals surface area contributed by atoms with Gasteiger partial charge in [0.1, 0.15) is 0 Å². The average molecular weight is 818 g/mol. The summed E-state index contributed by atoms with van der Waals surface area (Å²) in [6.45, 7) is 2.05. The Morgan fingerprint density at radius 3 is 1.84 bits per heavy atom. The van der Waals surface area contributed by atoms with E-state index in [0.29, 0.717) is 0 Å². The summed E-state index contributed by atoms with van der Waals surface area (Å²) in [5.41, 5.74) is 16.4. The zero-order chi connectivity index (χ0) is 42.9. The zero-order valence-electron chi connectivity index (χ0n) is 35.9. The number of fused-ring (bicyclic) bond motifs is 6. The highest BCUT2D eigenvalue weighted by atomic mass is 15.1. The number of nitrogens with zero attached hydrogens (tertiary/aromatic N) is 1. The first-order valence-electron chi connectivity index (χ1n) is 22.3. The highest BCUT2D eigenvalue weighted by molar-refractivity contribution is 6.08. The molecule has 1 heteroatoms. The van der Waals surface area contributed by atoms with Crippen LogP contribution in [0.1, 0.15) is 34.7 Å². The normalized spacial score (nSPS) is 12.8. The first-order chi connectivity index (χ1) is 31.7. The van der Waals surface area contributed by atoms with Gasteiger partial charge in [0.2, 0.25) is 0 Å². The third kappa shape index (κ3) is 6.74. The van der Waals surface area contributed by atoms with E-state index >= 15 is 0 Å². The first-order valence-corrected chi connectivity index (χ1v) is 22.3. The van der Waals surface area contributed by atoms with Gasteiger partial charge in [-0.05, 0) is 133 Å². The Morgan fingerprint density at radius 1 is 0.406 bits per heavy atom. The van der Waals surface area contributed by atoms with Crippen LogP contribution in [0.15, 0.2) is 255 Å². The van der Waals surface area contributed by atoms with Crippen LogP contribution in [0, 0.1) is 0 Å². The molecular weight excluding hydrogens is 771 g/mol. The second-order valence-corrected chi connectivity index (χ2v) is 16.7. The van der Waals surface area contributed by atoms with Crippen LogP contribution < -0.4 is 4.90 Å². The van der Waals surface area contributed by atoms with Crippen LogP contribution in [-0.2, 0) is 11.8 Å². The summed E-state index contributed by atoms with van der Waals surface area (Å²) in [5.74, 6) is 0. The van der Waals surface area contributed by atoms with E-state index in [9.17, 15) is 0 Å². The minimum atomic E-state index is -0.529. The van der Waals surface area contributed by atoms with Crippen LogP contribution in [-0.4, -0.2) is 0 Å². The van der Waals surface area contributed by atoms with E-state index in [-0.39, 0.29) is 0 Å². The highest BCUT2D eigenvalue weighted by Gasteiger charge is 2.46. The second kappa shape index (κ2) is 16.7. The van der Waals surface area contributed by atoms with E-state index in [1.165, 1.54) is 82.7 Å². The maximum Gasteiger partial charge on any atom is 0.0714 e. The Hall–Kier alpha value is -8.00. The maximum absolute atomic E-state index is 2.49. The van der Waals surface area contributed by atoms with Crippen molar-refractivity contribution in [3.05, 3.63) is 283 Å². The van der Waals surface area contributed by atoms with Gasteiger partial charge in [0, 0.05) is 16.9 Å². The fraction of sp³-hybridized carbons (Fsp3) is 0.0476. The maximum atomic E-state index is 2.49. The van der Waals surface area contributed by atoms with Gasteiger partial charge >= 0.3 is 0 Å². The van der Waals surface area contributed by atoms with E-state index in [0.717, 1.165) is 23.5 Å². The van der Waals surface area contributed by atoms with Crippen molar-refractivity contribution in [3.63, 3.8) is 0 Å². The lowest BCUT2D eigenvalue weighted by atomic mass is 9.67. The Bertz CT molecular complexity index is 3320. The van der Waals surface area contributed by atoms with Crippen LogP contribution in [0.4, 0.5) is 17.1 Å². The summed E-state index contributed by atoms with van der Waals surface area (Å²) in [6, 6.07) is 85.4. The standard InChI is InChI=1S/C63H47N/c1-2-3-4-8-20-45-33-40-62(59(41-45)46-21-9-5-10-22-46)64(53-29-19-24-48(43-53)49-36-38-56-50(42-49)35-34-47-23-15-16-30-55(47)56)54-37-39-58-57-31-17-18-32-60(57)63(61(58)44-54,51-25-11-6-12-26-51)52-27-13-7-14-28-52/h2-19,21-44H,20H2,1H3/b3-2-,8-4-. The van der Waals surface area contributed by atoms with Gasteiger partial charge in [-0.1, -0.05) is 212 Å². The Labute approximate surface area is 376 Å². The van der Waals surface area contributed by atoms with Gasteiger partial charge in [-0.3, -0.25) is 0 Å². The lowest BCUT2D eigenvalue weighted by Gasteiger charge is -2.35. The fourth-order valence-corrected chi connectivity index (χ4v) is 10.2. The topological polar surface area (TPSA) is 3.24 Å². The highest BCUT2D eigenvalue weighted by Crippen LogP contribution is 2.57. The van der Waals surface area contributed by atoms with Gasteiger partial charge in [-0.25, -0.2) is 0 Å². The van der Waals surface area contributed by atoms with Crippen molar-refractivity contribution in [1.29, 1.82) is 0 Å². The molecule has 1 nitrogen and oxygen atoms in total. The third-order valence-electron chi connectivity index (χ3n) is 13.1. The monoisotopic (exact) mass is 817 g/mol. The number of benzene rings is 10. The van der Waals surface area contributed by atoms with Gasteiger partial charge in [0.25, 0.3) is 0 Å². The summed E-state index contributed by atoms with van der Waals surface area (Å²) < 4.78 is 0. The Kier molecular flexibility index (Phi) is 10.1. The second-order valence-electron chi connectivity index (χ2n) is 16.7. The zero-order valence-corrected chi connectivity index (χ0v) is 35.9. The average Bonchev–Trinajstić information content (AvgIpc) is 3.66. The molecule has 0 radical (unpaired) electrons. The van der Waals surface area contributed by atoms with Gasteiger partial charge in [-0.15, -0.1) is 0 Å². The first kappa shape index (κ1) is 38.9. The lowest BCUT2D eigenvalue weighted by Crippen LogP contribution is -2.28. The molecule has 10 aromatic carbocycles. The molecule has 0 saturated heterocycles. The molecular formula is C63H47N. The molecule has 0 aliphatic heterocycles. The fourth-order valence-electron chi connectivity index (χ4n) is 10.2. The van der Waals surface area contributed by atoms with Crippen LogP contribution in [0.3, 0.4) is 0 Å². The van der Waals surface area contributed by atoms with Crippen LogP contribution >= 0.6 is 0 Å². The van der Waals surface area contributed by atoms with Crippen molar-refractivity contribution in [3.8, 4) is 33.4 Å². The molecule has 64 heavy (non-hydrogen) atoms. The van der Waals surface area contributed by atoms with Crippen molar-refractivity contribution >= 4 is 38.6 Å². The number of hydrogen-bond acceptors (Lipinski definition) is 1. The number of rotatable bonds is 10. The Balaban J connectivity index is 1.15. The van der Waals surface area contributed by atoms with Crippen LogP contribution in [0.5, 0.6) is 0 Å². The number of anilines is 3. The van der Waals surface area contributed by atoms with Crippen molar-refractivity contribution in [1.82, 2.24) is 0 Å². The molecule has 304 valence electrons. The molecule has 0 heterocycles. The van der Waals surface area contributed by atoms with Crippen LogP contribution in [0.2, 0.25) is 0 Å². The quantitative estimate of drug-likeness (QED) is 0.0982. The summed E-state index contributed by atoms with van der Waals surface area (Å²) in [4.78, 5) is 2.49. The van der Waals surface area contributed by atoms with Crippen molar-refractivity contribution in [2.45, 2.75) is 18.8 Å². The summed E-state index contributed by atoms with van der Waals surface area (Å²) in [5, 5.41) is 5.05. The van der Waals surface area contributed by atoms with Crippen molar-refractivity contribution in [2.24, 2.45) is 0 Å². The number of hydrogen-bond donors (Lipinski definition) is 0.